The highest BCUT2D eigenvalue weighted by Gasteiger charge is 2.33. The van der Waals surface area contributed by atoms with Crippen LogP contribution in [0.5, 0.6) is 0 Å². The van der Waals surface area contributed by atoms with E-state index < -0.39 is 18.0 Å². The van der Waals surface area contributed by atoms with Gasteiger partial charge in [-0.15, -0.1) is 0 Å². The lowest BCUT2D eigenvalue weighted by molar-refractivity contribution is -0.148. The van der Waals surface area contributed by atoms with E-state index in [0.29, 0.717) is 19.4 Å². The van der Waals surface area contributed by atoms with Crippen LogP contribution in [0.15, 0.2) is 0 Å². The van der Waals surface area contributed by atoms with Gasteiger partial charge in [-0.2, -0.15) is 0 Å². The molecule has 0 saturated carbocycles. The first-order valence-corrected chi connectivity index (χ1v) is 4.76. The fourth-order valence-corrected chi connectivity index (χ4v) is 1.68. The molecule has 1 atom stereocenters. The van der Waals surface area contributed by atoms with E-state index in [-0.39, 0.29) is 18.7 Å². The summed E-state index contributed by atoms with van der Waals surface area (Å²) in [5.74, 6) is -2.45. The number of rotatable bonds is 4. The molecule has 0 aromatic heterocycles. The second kappa shape index (κ2) is 4.77. The molecule has 0 unspecified atom stereocenters. The summed E-state index contributed by atoms with van der Waals surface area (Å²) in [5.41, 5.74) is 0. The summed E-state index contributed by atoms with van der Waals surface area (Å²) in [7, 11) is 0. The summed E-state index contributed by atoms with van der Waals surface area (Å²) in [4.78, 5) is 33.7. The van der Waals surface area contributed by atoms with Crippen LogP contribution in [0.4, 0.5) is 0 Å². The van der Waals surface area contributed by atoms with Crippen molar-refractivity contribution >= 4 is 17.8 Å². The van der Waals surface area contributed by atoms with Crippen LogP contribution in [0, 0.1) is 0 Å². The van der Waals surface area contributed by atoms with Gasteiger partial charge >= 0.3 is 11.9 Å². The van der Waals surface area contributed by atoms with Crippen LogP contribution in [-0.4, -0.2) is 45.5 Å². The van der Waals surface area contributed by atoms with Gasteiger partial charge in [0.1, 0.15) is 6.04 Å². The van der Waals surface area contributed by atoms with Gasteiger partial charge < -0.3 is 15.1 Å². The third kappa shape index (κ3) is 2.93. The van der Waals surface area contributed by atoms with Gasteiger partial charge in [-0.05, 0) is 12.8 Å². The Hall–Kier alpha value is -1.59. The maximum absolute atomic E-state index is 11.5. The van der Waals surface area contributed by atoms with Gasteiger partial charge in [0.15, 0.2) is 0 Å². The third-order valence-corrected chi connectivity index (χ3v) is 2.41. The first kappa shape index (κ1) is 11.5. The molecule has 0 aliphatic carbocycles. The normalized spacial score (nSPS) is 20.3. The molecular formula is C9H13NO5. The lowest BCUT2D eigenvalue weighted by atomic mass is 10.2. The van der Waals surface area contributed by atoms with Crippen molar-refractivity contribution in [2.45, 2.75) is 31.7 Å². The molecule has 1 saturated heterocycles. The van der Waals surface area contributed by atoms with Crippen molar-refractivity contribution in [3.05, 3.63) is 0 Å². The Morgan fingerprint density at radius 2 is 1.87 bits per heavy atom. The minimum atomic E-state index is -1.05. The van der Waals surface area contributed by atoms with Crippen molar-refractivity contribution in [2.75, 3.05) is 6.54 Å². The van der Waals surface area contributed by atoms with Gasteiger partial charge in [0.05, 0.1) is 6.42 Å². The number of carbonyl (C=O) groups excluding carboxylic acids is 1. The van der Waals surface area contributed by atoms with Crippen molar-refractivity contribution in [3.8, 4) is 0 Å². The summed E-state index contributed by atoms with van der Waals surface area (Å²) < 4.78 is 0. The quantitative estimate of drug-likeness (QED) is 0.684. The smallest absolute Gasteiger partial charge is 0.326 e. The summed E-state index contributed by atoms with van der Waals surface area (Å²) in [6.45, 7) is 0.412. The molecule has 0 aromatic carbocycles. The number of hydrogen-bond donors (Lipinski definition) is 2. The second-order valence-corrected chi connectivity index (χ2v) is 3.48. The highest BCUT2D eigenvalue weighted by molar-refractivity contribution is 5.86. The standard InChI is InChI=1S/C9H13NO5/c11-7(3-4-8(12)13)10-5-1-2-6(10)9(14)15/h6H,1-5H2,(H,12,13)(H,14,15)/t6-/m1/s1. The van der Waals surface area contributed by atoms with Gasteiger partial charge in [0.25, 0.3) is 0 Å². The van der Waals surface area contributed by atoms with Gasteiger partial charge in [0, 0.05) is 13.0 Å². The molecule has 1 heterocycles. The third-order valence-electron chi connectivity index (χ3n) is 2.41. The maximum Gasteiger partial charge on any atom is 0.326 e. The molecule has 1 fully saturated rings. The van der Waals surface area contributed by atoms with Crippen LogP contribution in [0.25, 0.3) is 0 Å². The zero-order chi connectivity index (χ0) is 11.4. The number of carbonyl (C=O) groups is 3. The van der Waals surface area contributed by atoms with Crippen LogP contribution in [0.2, 0.25) is 0 Å². The molecule has 84 valence electrons. The monoisotopic (exact) mass is 215 g/mol. The van der Waals surface area contributed by atoms with Gasteiger partial charge in [-0.1, -0.05) is 0 Å². The van der Waals surface area contributed by atoms with Crippen molar-refractivity contribution in [1.29, 1.82) is 0 Å². The highest BCUT2D eigenvalue weighted by Crippen LogP contribution is 2.18. The van der Waals surface area contributed by atoms with Crippen LogP contribution >= 0.6 is 0 Å². The molecule has 1 rings (SSSR count). The van der Waals surface area contributed by atoms with Gasteiger partial charge in [0.2, 0.25) is 5.91 Å². The Kier molecular flexibility index (Phi) is 3.65. The summed E-state index contributed by atoms with van der Waals surface area (Å²) >= 11 is 0. The van der Waals surface area contributed by atoms with Crippen LogP contribution in [-0.2, 0) is 14.4 Å². The SMILES string of the molecule is O=C(O)CCC(=O)N1CCC[C@@H]1C(=O)O. The molecule has 0 spiro atoms. The Balaban J connectivity index is 2.51. The lowest BCUT2D eigenvalue weighted by Crippen LogP contribution is -2.40. The molecule has 15 heavy (non-hydrogen) atoms. The first-order valence-electron chi connectivity index (χ1n) is 4.76. The van der Waals surface area contributed by atoms with Crippen molar-refractivity contribution in [3.63, 3.8) is 0 Å². The predicted molar refractivity (Wildman–Crippen MR) is 49.2 cm³/mol. The van der Waals surface area contributed by atoms with Crippen LogP contribution in [0.1, 0.15) is 25.7 Å². The Morgan fingerprint density at radius 3 is 2.40 bits per heavy atom. The fraction of sp³-hybridized carbons (Fsp3) is 0.667. The van der Waals surface area contributed by atoms with Crippen LogP contribution in [0.3, 0.4) is 0 Å². The number of hydrogen-bond acceptors (Lipinski definition) is 3. The fourth-order valence-electron chi connectivity index (χ4n) is 1.68. The Morgan fingerprint density at radius 1 is 1.20 bits per heavy atom. The molecule has 0 radical (unpaired) electrons. The molecule has 0 bridgehead atoms. The van der Waals surface area contributed by atoms with E-state index in [4.69, 9.17) is 10.2 Å². The van der Waals surface area contributed by atoms with E-state index in [1.165, 1.54) is 4.90 Å². The average Bonchev–Trinajstić information content (AvgIpc) is 2.62. The van der Waals surface area contributed by atoms with E-state index >= 15 is 0 Å². The molecular weight excluding hydrogens is 202 g/mol. The maximum atomic E-state index is 11.5. The topological polar surface area (TPSA) is 94.9 Å². The minimum absolute atomic E-state index is 0.126. The van der Waals surface area contributed by atoms with Gasteiger partial charge in [-0.3, -0.25) is 9.59 Å². The predicted octanol–water partition coefficient (Wildman–Crippen LogP) is -0.0732. The Bertz CT molecular complexity index is 288. The van der Waals surface area contributed by atoms with Gasteiger partial charge in [-0.25, -0.2) is 4.79 Å². The van der Waals surface area contributed by atoms with E-state index in [9.17, 15) is 14.4 Å². The molecule has 6 nitrogen and oxygen atoms in total. The van der Waals surface area contributed by atoms with Crippen molar-refractivity contribution in [1.82, 2.24) is 4.90 Å². The number of carboxylic acids is 2. The van der Waals surface area contributed by atoms with Crippen molar-refractivity contribution in [2.24, 2.45) is 0 Å². The molecule has 6 heteroatoms. The van der Waals surface area contributed by atoms with E-state index in [1.54, 1.807) is 0 Å². The zero-order valence-corrected chi connectivity index (χ0v) is 8.18. The average molecular weight is 215 g/mol. The summed E-state index contributed by atoms with van der Waals surface area (Å²) in [6.07, 6.45) is 0.741. The summed E-state index contributed by atoms with van der Waals surface area (Å²) in [5, 5.41) is 17.2. The first-order chi connectivity index (χ1) is 7.02. The number of amides is 1. The largest absolute Gasteiger partial charge is 0.481 e. The minimum Gasteiger partial charge on any atom is -0.481 e. The molecule has 1 aliphatic heterocycles. The number of nitrogens with zero attached hydrogens (tertiary/aromatic N) is 1. The molecule has 1 aliphatic rings. The number of carboxylic acid groups (broad SMARTS) is 2. The molecule has 0 aromatic rings. The number of likely N-dealkylation sites (tertiary alicyclic amines) is 1. The summed E-state index contributed by atoms with van der Waals surface area (Å²) in [6, 6.07) is -0.772. The molecule has 1 amide bonds. The second-order valence-electron chi connectivity index (χ2n) is 3.48. The van der Waals surface area contributed by atoms with E-state index in [2.05, 4.69) is 0 Å². The van der Waals surface area contributed by atoms with E-state index in [1.807, 2.05) is 0 Å². The van der Waals surface area contributed by atoms with E-state index in [0.717, 1.165) is 0 Å². The Labute approximate surface area is 86.5 Å². The van der Waals surface area contributed by atoms with Crippen molar-refractivity contribution < 1.29 is 24.6 Å². The lowest BCUT2D eigenvalue weighted by Gasteiger charge is -2.20. The highest BCUT2D eigenvalue weighted by atomic mass is 16.4. The number of aliphatic carboxylic acids is 2. The van der Waals surface area contributed by atoms with Crippen LogP contribution < -0.4 is 0 Å². The zero-order valence-electron chi connectivity index (χ0n) is 8.18. The molecule has 2 N–H and O–H groups in total.